The van der Waals surface area contributed by atoms with E-state index in [0.717, 1.165) is 11.4 Å². The molecule has 1 fully saturated rings. The van der Waals surface area contributed by atoms with Crippen molar-refractivity contribution in [1.29, 1.82) is 0 Å². The molecule has 1 saturated heterocycles. The van der Waals surface area contributed by atoms with Gasteiger partial charge < -0.3 is 15.4 Å². The number of hydrogen-bond donors (Lipinski definition) is 2. The minimum Gasteiger partial charge on any atom is -0.375 e. The van der Waals surface area contributed by atoms with Crippen LogP contribution in [0, 0.1) is 0 Å². The third-order valence-electron chi connectivity index (χ3n) is 3.42. The Kier molecular flexibility index (Phi) is 3.94. The van der Waals surface area contributed by atoms with Crippen LogP contribution in [-0.4, -0.2) is 46.2 Å². The number of rotatable bonds is 3. The Morgan fingerprint density at radius 1 is 1.43 bits per heavy atom. The molecule has 21 heavy (non-hydrogen) atoms. The summed E-state index contributed by atoms with van der Waals surface area (Å²) < 4.78 is 7.13. The lowest BCUT2D eigenvalue weighted by molar-refractivity contribution is -0.123. The number of morpholine rings is 1. The maximum Gasteiger partial charge on any atom is 0.244 e. The molecular formula is C14H17N5O2. The lowest BCUT2D eigenvalue weighted by atomic mass is 10.1. The van der Waals surface area contributed by atoms with Crippen molar-refractivity contribution in [3.8, 4) is 5.69 Å². The highest BCUT2D eigenvalue weighted by Gasteiger charge is 2.28. The average molecular weight is 287 g/mol. The van der Waals surface area contributed by atoms with Gasteiger partial charge in [-0.05, 0) is 31.2 Å². The van der Waals surface area contributed by atoms with Crippen LogP contribution in [0.1, 0.15) is 6.92 Å². The third kappa shape index (κ3) is 3.09. The SMILES string of the molecule is C[C@H]1OCCN[C@@H]1C(=O)Nc1ccc(-n2ccnn2)cc1. The molecule has 110 valence electrons. The van der Waals surface area contributed by atoms with Crippen molar-refractivity contribution in [3.63, 3.8) is 0 Å². The zero-order valence-electron chi connectivity index (χ0n) is 11.7. The van der Waals surface area contributed by atoms with Crippen LogP contribution < -0.4 is 10.6 Å². The molecule has 1 aromatic heterocycles. The smallest absolute Gasteiger partial charge is 0.244 e. The third-order valence-corrected chi connectivity index (χ3v) is 3.42. The molecule has 0 aliphatic carbocycles. The molecule has 0 radical (unpaired) electrons. The quantitative estimate of drug-likeness (QED) is 0.863. The molecule has 1 aliphatic rings. The molecule has 1 amide bonds. The second-order valence-corrected chi connectivity index (χ2v) is 4.89. The summed E-state index contributed by atoms with van der Waals surface area (Å²) in [5.41, 5.74) is 1.63. The summed E-state index contributed by atoms with van der Waals surface area (Å²) in [4.78, 5) is 12.2. The minimum atomic E-state index is -0.325. The summed E-state index contributed by atoms with van der Waals surface area (Å²) in [6, 6.07) is 7.09. The van der Waals surface area contributed by atoms with Crippen LogP contribution in [0.3, 0.4) is 0 Å². The van der Waals surface area contributed by atoms with E-state index < -0.39 is 0 Å². The van der Waals surface area contributed by atoms with Crippen molar-refractivity contribution >= 4 is 11.6 Å². The van der Waals surface area contributed by atoms with Crippen molar-refractivity contribution in [2.75, 3.05) is 18.5 Å². The lowest BCUT2D eigenvalue weighted by Crippen LogP contribution is -2.53. The fourth-order valence-corrected chi connectivity index (χ4v) is 2.29. The largest absolute Gasteiger partial charge is 0.375 e. The highest BCUT2D eigenvalue weighted by atomic mass is 16.5. The first-order chi connectivity index (χ1) is 10.2. The molecule has 2 N–H and O–H groups in total. The number of carbonyl (C=O) groups excluding carboxylic acids is 1. The van der Waals surface area contributed by atoms with Crippen LogP contribution in [0.2, 0.25) is 0 Å². The van der Waals surface area contributed by atoms with Gasteiger partial charge in [-0.3, -0.25) is 4.79 Å². The monoisotopic (exact) mass is 287 g/mol. The van der Waals surface area contributed by atoms with E-state index >= 15 is 0 Å². The van der Waals surface area contributed by atoms with E-state index in [-0.39, 0.29) is 18.1 Å². The van der Waals surface area contributed by atoms with Crippen molar-refractivity contribution in [2.45, 2.75) is 19.1 Å². The predicted molar refractivity (Wildman–Crippen MR) is 77.2 cm³/mol. The van der Waals surface area contributed by atoms with Gasteiger partial charge in [0.1, 0.15) is 6.04 Å². The summed E-state index contributed by atoms with van der Waals surface area (Å²) in [6.07, 6.45) is 3.25. The van der Waals surface area contributed by atoms with Gasteiger partial charge in [-0.25, -0.2) is 4.68 Å². The normalized spacial score (nSPS) is 22.0. The van der Waals surface area contributed by atoms with E-state index in [4.69, 9.17) is 4.74 Å². The highest BCUT2D eigenvalue weighted by molar-refractivity contribution is 5.95. The van der Waals surface area contributed by atoms with E-state index in [1.54, 1.807) is 17.1 Å². The molecule has 0 saturated carbocycles. The van der Waals surface area contributed by atoms with Gasteiger partial charge in [0.15, 0.2) is 0 Å². The molecule has 7 nitrogen and oxygen atoms in total. The predicted octanol–water partition coefficient (Wildman–Crippen LogP) is 0.583. The zero-order chi connectivity index (χ0) is 14.7. The molecule has 7 heteroatoms. The van der Waals surface area contributed by atoms with Crippen molar-refractivity contribution in [2.24, 2.45) is 0 Å². The van der Waals surface area contributed by atoms with Crippen LogP contribution in [0.15, 0.2) is 36.7 Å². The molecule has 0 unspecified atom stereocenters. The Bertz CT molecular complexity index is 596. The number of ether oxygens (including phenoxy) is 1. The van der Waals surface area contributed by atoms with Crippen molar-refractivity contribution in [3.05, 3.63) is 36.7 Å². The topological polar surface area (TPSA) is 81.1 Å². The molecule has 0 bridgehead atoms. The Morgan fingerprint density at radius 3 is 2.90 bits per heavy atom. The van der Waals surface area contributed by atoms with E-state index in [1.165, 1.54) is 0 Å². The van der Waals surface area contributed by atoms with Gasteiger partial charge >= 0.3 is 0 Å². The first-order valence-corrected chi connectivity index (χ1v) is 6.86. The number of hydrogen-bond acceptors (Lipinski definition) is 5. The van der Waals surface area contributed by atoms with E-state index in [0.29, 0.717) is 13.2 Å². The Labute approximate surface area is 122 Å². The maximum absolute atomic E-state index is 12.2. The molecule has 2 heterocycles. The van der Waals surface area contributed by atoms with E-state index in [1.807, 2.05) is 31.2 Å². The lowest BCUT2D eigenvalue weighted by Gasteiger charge is -2.29. The number of carbonyl (C=O) groups is 1. The minimum absolute atomic E-state index is 0.0873. The first kappa shape index (κ1) is 13.7. The number of anilines is 1. The summed E-state index contributed by atoms with van der Waals surface area (Å²) in [5, 5.41) is 13.7. The van der Waals surface area contributed by atoms with Crippen LogP contribution in [0.25, 0.3) is 5.69 Å². The van der Waals surface area contributed by atoms with Gasteiger partial charge in [0.05, 0.1) is 30.8 Å². The number of aromatic nitrogens is 3. The first-order valence-electron chi connectivity index (χ1n) is 6.86. The Hall–Kier alpha value is -2.25. The van der Waals surface area contributed by atoms with Gasteiger partial charge in [0.25, 0.3) is 0 Å². The van der Waals surface area contributed by atoms with E-state index in [9.17, 15) is 4.79 Å². The average Bonchev–Trinajstić information content (AvgIpc) is 3.02. The zero-order valence-corrected chi connectivity index (χ0v) is 11.7. The number of nitrogens with one attached hydrogen (secondary N) is 2. The fourth-order valence-electron chi connectivity index (χ4n) is 2.29. The molecule has 1 aromatic carbocycles. The van der Waals surface area contributed by atoms with Crippen molar-refractivity contribution in [1.82, 2.24) is 20.3 Å². The molecule has 1 aliphatic heterocycles. The molecule has 2 aromatic rings. The standard InChI is InChI=1S/C14H17N5O2/c1-10-13(15-7-9-21-10)14(20)17-11-2-4-12(5-3-11)19-8-6-16-18-19/h2-6,8,10,13,15H,7,9H2,1H3,(H,17,20)/t10-,13+/m1/s1. The number of amides is 1. The summed E-state index contributed by atoms with van der Waals surface area (Å²) in [7, 11) is 0. The fraction of sp³-hybridized carbons (Fsp3) is 0.357. The van der Waals surface area contributed by atoms with Gasteiger partial charge in [-0.2, -0.15) is 0 Å². The van der Waals surface area contributed by atoms with Crippen LogP contribution in [0.5, 0.6) is 0 Å². The number of nitrogens with zero attached hydrogens (tertiary/aromatic N) is 3. The van der Waals surface area contributed by atoms with Gasteiger partial charge in [0.2, 0.25) is 5.91 Å². The second-order valence-electron chi connectivity index (χ2n) is 4.89. The van der Waals surface area contributed by atoms with Gasteiger partial charge in [-0.1, -0.05) is 5.21 Å². The Morgan fingerprint density at radius 2 is 2.24 bits per heavy atom. The summed E-state index contributed by atoms with van der Waals surface area (Å²) in [6.45, 7) is 3.22. The van der Waals surface area contributed by atoms with Crippen LogP contribution >= 0.6 is 0 Å². The maximum atomic E-state index is 12.2. The van der Waals surface area contributed by atoms with Crippen molar-refractivity contribution < 1.29 is 9.53 Å². The molecule has 2 atom stereocenters. The highest BCUT2D eigenvalue weighted by Crippen LogP contribution is 2.14. The van der Waals surface area contributed by atoms with E-state index in [2.05, 4.69) is 20.9 Å². The molecule has 0 spiro atoms. The second kappa shape index (κ2) is 6.02. The van der Waals surface area contributed by atoms with Crippen LogP contribution in [0.4, 0.5) is 5.69 Å². The number of benzene rings is 1. The Balaban J connectivity index is 1.66. The molecule has 3 rings (SSSR count). The van der Waals surface area contributed by atoms with Crippen LogP contribution in [-0.2, 0) is 9.53 Å². The van der Waals surface area contributed by atoms with Gasteiger partial charge in [-0.15, -0.1) is 5.10 Å². The van der Waals surface area contributed by atoms with Gasteiger partial charge in [0, 0.05) is 12.2 Å². The summed E-state index contributed by atoms with van der Waals surface area (Å²) in [5.74, 6) is -0.0873. The summed E-state index contributed by atoms with van der Waals surface area (Å²) >= 11 is 0. The molecular weight excluding hydrogens is 270 g/mol.